The molecule has 1 aliphatic rings. The number of nitrogens with zero attached hydrogens (tertiary/aromatic N) is 2. The van der Waals surface area contributed by atoms with E-state index in [-0.39, 0.29) is 12.0 Å². The molecule has 1 N–H and O–H groups in total. The zero-order chi connectivity index (χ0) is 16.8. The molecular formula is C18H24N2O3S. The molecule has 3 rings (SSSR count). The van der Waals surface area contributed by atoms with E-state index in [1.807, 2.05) is 30.3 Å². The minimum absolute atomic E-state index is 0.136. The zero-order valence-electron chi connectivity index (χ0n) is 14.0. The molecule has 1 aromatic heterocycles. The molecule has 130 valence electrons. The number of aliphatic hydroxyl groups excluding tert-OH is 1. The molecule has 2 heterocycles. The minimum Gasteiger partial charge on any atom is -0.486 e. The molecule has 0 radical (unpaired) electrons. The molecule has 1 saturated heterocycles. The number of para-hydroxylation sites is 1. The van der Waals surface area contributed by atoms with E-state index in [0.29, 0.717) is 19.8 Å². The van der Waals surface area contributed by atoms with Gasteiger partial charge in [-0.3, -0.25) is 4.90 Å². The fraction of sp³-hybridized carbons (Fsp3) is 0.500. The first-order valence-corrected chi connectivity index (χ1v) is 9.07. The number of hydrogen-bond donors (Lipinski definition) is 1. The Balaban J connectivity index is 1.55. The lowest BCUT2D eigenvalue weighted by Crippen LogP contribution is -2.38. The second-order valence-electron chi connectivity index (χ2n) is 6.57. The SMILES string of the molecule is CC1(CO)COCCN(Cc2csc(COc3ccccc3)n2)C1. The van der Waals surface area contributed by atoms with Crippen molar-refractivity contribution in [1.82, 2.24) is 9.88 Å². The summed E-state index contributed by atoms with van der Waals surface area (Å²) in [5, 5.41) is 12.7. The van der Waals surface area contributed by atoms with E-state index in [2.05, 4.69) is 22.2 Å². The van der Waals surface area contributed by atoms with Crippen LogP contribution in [0, 0.1) is 5.41 Å². The van der Waals surface area contributed by atoms with E-state index in [1.165, 1.54) is 0 Å². The number of aliphatic hydroxyl groups is 1. The van der Waals surface area contributed by atoms with Gasteiger partial charge in [-0.15, -0.1) is 11.3 Å². The van der Waals surface area contributed by atoms with Gasteiger partial charge in [0.05, 0.1) is 25.5 Å². The highest BCUT2D eigenvalue weighted by Crippen LogP contribution is 2.22. The van der Waals surface area contributed by atoms with Gasteiger partial charge in [-0.1, -0.05) is 25.1 Å². The van der Waals surface area contributed by atoms with Crippen LogP contribution in [0.15, 0.2) is 35.7 Å². The smallest absolute Gasteiger partial charge is 0.140 e. The van der Waals surface area contributed by atoms with E-state index in [0.717, 1.165) is 36.1 Å². The van der Waals surface area contributed by atoms with Crippen molar-refractivity contribution in [2.24, 2.45) is 5.41 Å². The average molecular weight is 348 g/mol. The second-order valence-corrected chi connectivity index (χ2v) is 7.51. The first kappa shape index (κ1) is 17.4. The maximum absolute atomic E-state index is 9.60. The lowest BCUT2D eigenvalue weighted by Gasteiger charge is -2.29. The Bertz CT molecular complexity index is 634. The molecule has 0 saturated carbocycles. The van der Waals surface area contributed by atoms with E-state index < -0.39 is 0 Å². The van der Waals surface area contributed by atoms with Gasteiger partial charge >= 0.3 is 0 Å². The van der Waals surface area contributed by atoms with Gasteiger partial charge < -0.3 is 14.6 Å². The third-order valence-electron chi connectivity index (χ3n) is 4.08. The minimum atomic E-state index is -0.203. The van der Waals surface area contributed by atoms with Gasteiger partial charge in [0, 0.05) is 30.4 Å². The monoisotopic (exact) mass is 348 g/mol. The first-order valence-electron chi connectivity index (χ1n) is 8.19. The number of thiazole rings is 1. The van der Waals surface area contributed by atoms with Crippen LogP contribution >= 0.6 is 11.3 Å². The molecule has 24 heavy (non-hydrogen) atoms. The molecule has 6 heteroatoms. The highest BCUT2D eigenvalue weighted by molar-refractivity contribution is 7.09. The van der Waals surface area contributed by atoms with E-state index in [4.69, 9.17) is 9.47 Å². The maximum Gasteiger partial charge on any atom is 0.140 e. The summed E-state index contributed by atoms with van der Waals surface area (Å²) in [6, 6.07) is 9.78. The average Bonchev–Trinajstić information content (AvgIpc) is 2.96. The second kappa shape index (κ2) is 8.07. The highest BCUT2D eigenvalue weighted by Gasteiger charge is 2.29. The van der Waals surface area contributed by atoms with Crippen molar-refractivity contribution >= 4 is 11.3 Å². The van der Waals surface area contributed by atoms with Gasteiger partial charge in [0.1, 0.15) is 17.4 Å². The standard InChI is InChI=1S/C18H24N2O3S/c1-18(13-21)12-20(7-8-22-14-18)9-15-11-24-17(19-15)10-23-16-5-3-2-4-6-16/h2-6,11,21H,7-10,12-14H2,1H3. The predicted molar refractivity (Wildman–Crippen MR) is 94.2 cm³/mol. The van der Waals surface area contributed by atoms with Crippen LogP contribution in [0.25, 0.3) is 0 Å². The van der Waals surface area contributed by atoms with Crippen molar-refractivity contribution in [3.63, 3.8) is 0 Å². The Morgan fingerprint density at radius 2 is 2.21 bits per heavy atom. The van der Waals surface area contributed by atoms with Crippen molar-refractivity contribution in [2.75, 3.05) is 32.9 Å². The lowest BCUT2D eigenvalue weighted by molar-refractivity contribution is 0.0346. The van der Waals surface area contributed by atoms with Gasteiger partial charge in [0.15, 0.2) is 0 Å². The number of benzene rings is 1. The predicted octanol–water partition coefficient (Wildman–Crippen LogP) is 2.55. The molecule has 1 aromatic carbocycles. The van der Waals surface area contributed by atoms with Gasteiger partial charge in [0.2, 0.25) is 0 Å². The van der Waals surface area contributed by atoms with Crippen molar-refractivity contribution in [3.05, 3.63) is 46.4 Å². The van der Waals surface area contributed by atoms with Crippen molar-refractivity contribution in [2.45, 2.75) is 20.1 Å². The van der Waals surface area contributed by atoms with Crippen LogP contribution in [0.3, 0.4) is 0 Å². The van der Waals surface area contributed by atoms with Crippen LogP contribution in [0.4, 0.5) is 0 Å². The van der Waals surface area contributed by atoms with Crippen LogP contribution in [0.1, 0.15) is 17.6 Å². The highest BCUT2D eigenvalue weighted by atomic mass is 32.1. The molecule has 0 amide bonds. The van der Waals surface area contributed by atoms with Crippen LogP contribution in [0.5, 0.6) is 5.75 Å². The number of aromatic nitrogens is 1. The third kappa shape index (κ3) is 4.77. The van der Waals surface area contributed by atoms with Crippen LogP contribution in [-0.4, -0.2) is 47.9 Å². The largest absolute Gasteiger partial charge is 0.486 e. The van der Waals surface area contributed by atoms with E-state index in [1.54, 1.807) is 11.3 Å². The molecule has 0 aliphatic carbocycles. The number of hydrogen-bond acceptors (Lipinski definition) is 6. The molecule has 1 unspecified atom stereocenters. The molecule has 1 aliphatic heterocycles. The summed E-state index contributed by atoms with van der Waals surface area (Å²) in [6.07, 6.45) is 0. The first-order chi connectivity index (χ1) is 11.7. The summed E-state index contributed by atoms with van der Waals surface area (Å²) >= 11 is 1.62. The zero-order valence-corrected chi connectivity index (χ0v) is 14.8. The Kier molecular flexibility index (Phi) is 5.84. The number of rotatable bonds is 6. The van der Waals surface area contributed by atoms with Crippen LogP contribution in [0.2, 0.25) is 0 Å². The van der Waals surface area contributed by atoms with Crippen LogP contribution in [-0.2, 0) is 17.9 Å². The summed E-state index contributed by atoms with van der Waals surface area (Å²) in [6.45, 7) is 6.45. The summed E-state index contributed by atoms with van der Waals surface area (Å²) < 4.78 is 11.4. The quantitative estimate of drug-likeness (QED) is 0.869. The topological polar surface area (TPSA) is 54.8 Å². The molecule has 0 bridgehead atoms. The lowest BCUT2D eigenvalue weighted by atomic mass is 9.92. The Morgan fingerprint density at radius 1 is 1.38 bits per heavy atom. The Labute approximate surface area is 146 Å². The molecule has 2 aromatic rings. The molecule has 5 nitrogen and oxygen atoms in total. The summed E-state index contributed by atoms with van der Waals surface area (Å²) in [5.74, 6) is 0.859. The fourth-order valence-electron chi connectivity index (χ4n) is 2.79. The summed E-state index contributed by atoms with van der Waals surface area (Å²) in [7, 11) is 0. The van der Waals surface area contributed by atoms with Gasteiger partial charge in [-0.25, -0.2) is 4.98 Å². The molecular weight excluding hydrogens is 324 g/mol. The molecule has 0 spiro atoms. The van der Waals surface area contributed by atoms with Crippen molar-refractivity contribution in [3.8, 4) is 5.75 Å². The maximum atomic E-state index is 9.60. The van der Waals surface area contributed by atoms with Crippen molar-refractivity contribution < 1.29 is 14.6 Å². The number of ether oxygens (including phenoxy) is 2. The third-order valence-corrected chi connectivity index (χ3v) is 4.95. The molecule has 1 fully saturated rings. The summed E-state index contributed by atoms with van der Waals surface area (Å²) in [4.78, 5) is 6.98. The van der Waals surface area contributed by atoms with Gasteiger partial charge in [-0.05, 0) is 12.1 Å². The van der Waals surface area contributed by atoms with Gasteiger partial charge in [0.25, 0.3) is 0 Å². The molecule has 1 atom stereocenters. The van der Waals surface area contributed by atoms with Gasteiger partial charge in [-0.2, -0.15) is 0 Å². The Morgan fingerprint density at radius 3 is 3.00 bits per heavy atom. The normalized spacial score (nSPS) is 22.2. The fourth-order valence-corrected chi connectivity index (χ4v) is 3.48. The van der Waals surface area contributed by atoms with Crippen LogP contribution < -0.4 is 4.74 Å². The Hall–Kier alpha value is -1.47. The van der Waals surface area contributed by atoms with Crippen molar-refractivity contribution in [1.29, 1.82) is 0 Å². The summed E-state index contributed by atoms with van der Waals surface area (Å²) in [5.41, 5.74) is 0.847. The van der Waals surface area contributed by atoms with E-state index >= 15 is 0 Å². The van der Waals surface area contributed by atoms with E-state index in [9.17, 15) is 5.11 Å².